The van der Waals surface area contributed by atoms with Crippen molar-refractivity contribution in [3.8, 4) is 0 Å². The van der Waals surface area contributed by atoms with Gasteiger partial charge in [0, 0.05) is 45.0 Å². The Hall–Kier alpha value is -2.33. The Bertz CT molecular complexity index is 971. The van der Waals surface area contributed by atoms with E-state index in [2.05, 4.69) is 37.2 Å². The van der Waals surface area contributed by atoms with Crippen LogP contribution in [-0.2, 0) is 11.3 Å². The second-order valence-electron chi connectivity index (χ2n) is 7.93. The van der Waals surface area contributed by atoms with Crippen LogP contribution in [-0.4, -0.2) is 65.3 Å². The third-order valence-corrected chi connectivity index (χ3v) is 6.46. The molecule has 0 aromatic carbocycles. The first-order chi connectivity index (χ1) is 14.7. The summed E-state index contributed by atoms with van der Waals surface area (Å²) < 4.78 is 5.50. The summed E-state index contributed by atoms with van der Waals surface area (Å²) in [6.45, 7) is 6.22. The first-order valence-electron chi connectivity index (χ1n) is 10.5. The van der Waals surface area contributed by atoms with Gasteiger partial charge in [-0.15, -0.1) is 0 Å². The van der Waals surface area contributed by atoms with Crippen LogP contribution >= 0.6 is 11.3 Å². The molecule has 1 unspecified atom stereocenters. The van der Waals surface area contributed by atoms with Crippen molar-refractivity contribution in [2.45, 2.75) is 25.4 Å². The van der Waals surface area contributed by atoms with E-state index in [1.807, 2.05) is 12.1 Å². The van der Waals surface area contributed by atoms with Gasteiger partial charge in [0.2, 0.25) is 0 Å². The summed E-state index contributed by atoms with van der Waals surface area (Å²) in [6.07, 6.45) is 3.97. The van der Waals surface area contributed by atoms with E-state index in [-0.39, 0.29) is 6.04 Å². The van der Waals surface area contributed by atoms with E-state index in [0.29, 0.717) is 0 Å². The molecule has 1 atom stereocenters. The molecule has 9 heteroatoms. The summed E-state index contributed by atoms with van der Waals surface area (Å²) in [6, 6.07) is 8.42. The van der Waals surface area contributed by atoms with E-state index in [0.717, 1.165) is 85.9 Å². The highest BCUT2D eigenvalue weighted by Crippen LogP contribution is 2.28. The predicted octanol–water partition coefficient (Wildman–Crippen LogP) is 2.59. The number of thiazole rings is 1. The van der Waals surface area contributed by atoms with Gasteiger partial charge in [-0.1, -0.05) is 11.3 Å². The van der Waals surface area contributed by atoms with E-state index >= 15 is 0 Å². The van der Waals surface area contributed by atoms with Crippen LogP contribution in [0.4, 0.5) is 16.8 Å². The maximum absolute atomic E-state index is 6.23. The fraction of sp³-hybridized carbons (Fsp3) is 0.476. The highest BCUT2D eigenvalue weighted by atomic mass is 32.1. The molecule has 0 amide bonds. The van der Waals surface area contributed by atoms with E-state index in [9.17, 15) is 0 Å². The third kappa shape index (κ3) is 4.54. The Balaban J connectivity index is 1.43. The zero-order chi connectivity index (χ0) is 20.3. The summed E-state index contributed by atoms with van der Waals surface area (Å²) in [7, 11) is 0. The smallest absolute Gasteiger partial charge is 0.190 e. The summed E-state index contributed by atoms with van der Waals surface area (Å²) in [5.41, 5.74) is 8.37. The second-order valence-corrected chi connectivity index (χ2v) is 8.90. The molecule has 5 heterocycles. The maximum Gasteiger partial charge on any atom is 0.190 e. The molecule has 0 saturated carbocycles. The number of nitrogens with two attached hydrogens (primary N) is 1. The van der Waals surface area contributed by atoms with Gasteiger partial charge in [-0.2, -0.15) is 0 Å². The molecule has 0 spiro atoms. The fourth-order valence-electron chi connectivity index (χ4n) is 4.06. The van der Waals surface area contributed by atoms with Crippen LogP contribution < -0.4 is 16.0 Å². The highest BCUT2D eigenvalue weighted by molar-refractivity contribution is 7.21. The van der Waals surface area contributed by atoms with Crippen molar-refractivity contribution >= 4 is 38.5 Å². The van der Waals surface area contributed by atoms with Gasteiger partial charge in [0.1, 0.15) is 22.0 Å². The van der Waals surface area contributed by atoms with Crippen LogP contribution in [0.1, 0.15) is 18.4 Å². The minimum absolute atomic E-state index is 0.204. The van der Waals surface area contributed by atoms with Crippen molar-refractivity contribution in [2.75, 3.05) is 49.6 Å². The zero-order valence-electron chi connectivity index (χ0n) is 17.0. The molecule has 3 N–H and O–H groups in total. The summed E-state index contributed by atoms with van der Waals surface area (Å²) in [4.78, 5) is 19.6. The molecule has 2 saturated heterocycles. The molecule has 0 aliphatic carbocycles. The van der Waals surface area contributed by atoms with Crippen LogP contribution in [0.25, 0.3) is 10.3 Å². The van der Waals surface area contributed by atoms with Crippen LogP contribution in [0.15, 0.2) is 30.5 Å². The predicted molar refractivity (Wildman–Crippen MR) is 120 cm³/mol. The lowest BCUT2D eigenvalue weighted by Gasteiger charge is -2.32. The lowest BCUT2D eigenvalue weighted by molar-refractivity contribution is 0.0342. The number of aromatic nitrogens is 3. The first kappa shape index (κ1) is 19.6. The third-order valence-electron chi connectivity index (χ3n) is 5.56. The number of nitrogens with one attached hydrogen (secondary N) is 1. The topological polar surface area (TPSA) is 92.4 Å². The standard InChI is InChI=1S/C21H27N7OS/c22-16-3-2-6-28(14-16)19-12-15(13-27-7-9-29-10-8-27)11-18(25-19)26-21-24-17-4-1-5-23-20(17)30-21/h1,4-5,11-12,16H,2-3,6-10,13-14,22H2,(H,24,25,26). The Labute approximate surface area is 180 Å². The van der Waals surface area contributed by atoms with Crippen molar-refractivity contribution < 1.29 is 4.74 Å². The molecule has 2 aliphatic heterocycles. The fourth-order valence-corrected chi connectivity index (χ4v) is 4.87. The lowest BCUT2D eigenvalue weighted by atomic mass is 10.1. The van der Waals surface area contributed by atoms with Gasteiger partial charge >= 0.3 is 0 Å². The minimum atomic E-state index is 0.204. The van der Waals surface area contributed by atoms with Crippen LogP contribution in [0, 0.1) is 0 Å². The van der Waals surface area contributed by atoms with E-state index < -0.39 is 0 Å². The minimum Gasteiger partial charge on any atom is -0.379 e. The zero-order valence-corrected chi connectivity index (χ0v) is 17.8. The normalized spacial score (nSPS) is 20.6. The number of hydrogen-bond donors (Lipinski definition) is 2. The number of rotatable bonds is 5. The number of morpholine rings is 1. The number of piperidine rings is 1. The van der Waals surface area contributed by atoms with Gasteiger partial charge in [-0.3, -0.25) is 4.90 Å². The van der Waals surface area contributed by atoms with E-state index in [1.165, 1.54) is 5.56 Å². The Kier molecular flexibility index (Phi) is 5.76. The Morgan fingerprint density at radius 1 is 1.20 bits per heavy atom. The lowest BCUT2D eigenvalue weighted by Crippen LogP contribution is -2.43. The first-order valence-corrected chi connectivity index (χ1v) is 11.3. The molecule has 2 fully saturated rings. The highest BCUT2D eigenvalue weighted by Gasteiger charge is 2.20. The summed E-state index contributed by atoms with van der Waals surface area (Å²) >= 11 is 1.54. The molecular formula is C21H27N7OS. The number of anilines is 3. The average Bonchev–Trinajstić information content (AvgIpc) is 3.16. The average molecular weight is 426 g/mol. The summed E-state index contributed by atoms with van der Waals surface area (Å²) in [5, 5.41) is 4.22. The number of nitrogens with zero attached hydrogens (tertiary/aromatic N) is 5. The molecule has 3 aromatic heterocycles. The van der Waals surface area contributed by atoms with Gasteiger partial charge < -0.3 is 20.7 Å². The van der Waals surface area contributed by atoms with Gasteiger partial charge in [0.15, 0.2) is 5.13 Å². The molecule has 0 bridgehead atoms. The maximum atomic E-state index is 6.23. The molecule has 0 radical (unpaired) electrons. The molecule has 2 aliphatic rings. The quantitative estimate of drug-likeness (QED) is 0.644. The Morgan fingerprint density at radius 2 is 2.10 bits per heavy atom. The SMILES string of the molecule is NC1CCCN(c2cc(CN3CCOCC3)cc(Nc3nc4cccnc4s3)n2)C1. The number of hydrogen-bond acceptors (Lipinski definition) is 9. The number of fused-ring (bicyclic) bond motifs is 1. The van der Waals surface area contributed by atoms with E-state index in [1.54, 1.807) is 17.5 Å². The van der Waals surface area contributed by atoms with Crippen molar-refractivity contribution in [1.82, 2.24) is 19.9 Å². The van der Waals surface area contributed by atoms with Crippen molar-refractivity contribution in [1.29, 1.82) is 0 Å². The van der Waals surface area contributed by atoms with Crippen LogP contribution in [0.3, 0.4) is 0 Å². The second kappa shape index (κ2) is 8.81. The monoisotopic (exact) mass is 425 g/mol. The van der Waals surface area contributed by atoms with Crippen LogP contribution in [0.2, 0.25) is 0 Å². The molecule has 5 rings (SSSR count). The van der Waals surface area contributed by atoms with Gasteiger partial charge in [-0.05, 0) is 42.7 Å². The van der Waals surface area contributed by atoms with Crippen molar-refractivity contribution in [3.63, 3.8) is 0 Å². The molecule has 3 aromatic rings. The van der Waals surface area contributed by atoms with Gasteiger partial charge in [-0.25, -0.2) is 15.0 Å². The number of ether oxygens (including phenoxy) is 1. The summed E-state index contributed by atoms with van der Waals surface area (Å²) in [5.74, 6) is 1.80. The molecular weight excluding hydrogens is 398 g/mol. The van der Waals surface area contributed by atoms with Crippen LogP contribution in [0.5, 0.6) is 0 Å². The number of pyridine rings is 2. The molecule has 30 heavy (non-hydrogen) atoms. The molecule has 8 nitrogen and oxygen atoms in total. The largest absolute Gasteiger partial charge is 0.379 e. The Morgan fingerprint density at radius 3 is 2.93 bits per heavy atom. The molecule has 158 valence electrons. The van der Waals surface area contributed by atoms with Crippen molar-refractivity contribution in [2.24, 2.45) is 5.73 Å². The van der Waals surface area contributed by atoms with E-state index in [4.69, 9.17) is 15.5 Å². The van der Waals surface area contributed by atoms with Gasteiger partial charge in [0.25, 0.3) is 0 Å². The van der Waals surface area contributed by atoms with Crippen molar-refractivity contribution in [3.05, 3.63) is 36.0 Å². The van der Waals surface area contributed by atoms with Gasteiger partial charge in [0.05, 0.1) is 13.2 Å².